The standard InChI is InChI=1S/C8H18N2O/c1-9-5-3-6-10(2)8(9)4-7-11/h8,11H,3-7H2,1-2H3. The quantitative estimate of drug-likeness (QED) is 0.611. The highest BCUT2D eigenvalue weighted by atomic mass is 16.3. The SMILES string of the molecule is CN1CCCN(C)C1CCO. The molecule has 1 heterocycles. The van der Waals surface area contributed by atoms with Crippen molar-refractivity contribution in [3.63, 3.8) is 0 Å². The zero-order chi connectivity index (χ0) is 8.27. The van der Waals surface area contributed by atoms with Crippen LogP contribution in [0.1, 0.15) is 12.8 Å². The molecule has 1 N–H and O–H groups in total. The molecular weight excluding hydrogens is 140 g/mol. The maximum absolute atomic E-state index is 8.80. The molecule has 0 bridgehead atoms. The molecule has 3 heteroatoms. The molecular formula is C8H18N2O. The van der Waals surface area contributed by atoms with Gasteiger partial charge in [-0.2, -0.15) is 0 Å². The molecule has 1 aliphatic heterocycles. The van der Waals surface area contributed by atoms with E-state index in [1.54, 1.807) is 0 Å². The molecule has 1 saturated heterocycles. The Morgan fingerprint density at radius 1 is 1.27 bits per heavy atom. The second-order valence-corrected chi connectivity index (χ2v) is 3.31. The summed E-state index contributed by atoms with van der Waals surface area (Å²) in [6.45, 7) is 2.61. The number of hydrogen-bond donors (Lipinski definition) is 1. The lowest BCUT2D eigenvalue weighted by molar-refractivity contribution is 0.0248. The number of aliphatic hydroxyl groups is 1. The second-order valence-electron chi connectivity index (χ2n) is 3.31. The van der Waals surface area contributed by atoms with Crippen molar-refractivity contribution in [1.82, 2.24) is 9.80 Å². The van der Waals surface area contributed by atoms with Gasteiger partial charge >= 0.3 is 0 Å². The minimum atomic E-state index is 0.291. The Balaban J connectivity index is 2.41. The first-order valence-corrected chi connectivity index (χ1v) is 4.27. The first-order chi connectivity index (χ1) is 5.25. The van der Waals surface area contributed by atoms with E-state index in [0.29, 0.717) is 12.8 Å². The summed E-state index contributed by atoms with van der Waals surface area (Å²) in [6.07, 6.45) is 2.57. The van der Waals surface area contributed by atoms with Crippen LogP contribution in [0.4, 0.5) is 0 Å². The minimum Gasteiger partial charge on any atom is -0.396 e. The van der Waals surface area contributed by atoms with Crippen molar-refractivity contribution in [3.05, 3.63) is 0 Å². The van der Waals surface area contributed by atoms with Crippen molar-refractivity contribution < 1.29 is 5.11 Å². The van der Waals surface area contributed by atoms with Crippen LogP contribution in [0.5, 0.6) is 0 Å². The van der Waals surface area contributed by atoms with Crippen LogP contribution < -0.4 is 0 Å². The summed E-state index contributed by atoms with van der Waals surface area (Å²) in [4.78, 5) is 4.61. The number of aliphatic hydroxyl groups excluding tert-OH is 1. The highest BCUT2D eigenvalue weighted by Gasteiger charge is 2.22. The van der Waals surface area contributed by atoms with Crippen molar-refractivity contribution >= 4 is 0 Å². The van der Waals surface area contributed by atoms with E-state index < -0.39 is 0 Å². The Labute approximate surface area is 68.6 Å². The van der Waals surface area contributed by atoms with Gasteiger partial charge in [0, 0.05) is 19.7 Å². The predicted octanol–water partition coefficient (Wildman–Crippen LogP) is -0.0378. The predicted molar refractivity (Wildman–Crippen MR) is 45.4 cm³/mol. The molecule has 0 aromatic heterocycles. The van der Waals surface area contributed by atoms with Crippen LogP contribution in [0.3, 0.4) is 0 Å². The Bertz CT molecular complexity index is 109. The Kier molecular flexibility index (Phi) is 3.30. The topological polar surface area (TPSA) is 26.7 Å². The zero-order valence-electron chi connectivity index (χ0n) is 7.45. The number of hydrogen-bond acceptors (Lipinski definition) is 3. The Morgan fingerprint density at radius 3 is 2.27 bits per heavy atom. The first-order valence-electron chi connectivity index (χ1n) is 4.27. The largest absolute Gasteiger partial charge is 0.396 e. The lowest BCUT2D eigenvalue weighted by Gasteiger charge is -2.39. The van der Waals surface area contributed by atoms with Crippen molar-refractivity contribution in [2.75, 3.05) is 33.8 Å². The number of nitrogens with zero attached hydrogens (tertiary/aromatic N) is 2. The molecule has 3 nitrogen and oxygen atoms in total. The molecule has 0 spiro atoms. The smallest absolute Gasteiger partial charge is 0.0639 e. The maximum atomic E-state index is 8.80. The van der Waals surface area contributed by atoms with Gasteiger partial charge in [0.25, 0.3) is 0 Å². The van der Waals surface area contributed by atoms with Crippen LogP contribution in [-0.4, -0.2) is 54.9 Å². The van der Waals surface area contributed by atoms with Gasteiger partial charge in [-0.25, -0.2) is 0 Å². The van der Waals surface area contributed by atoms with Gasteiger partial charge in [0.05, 0.1) is 6.17 Å². The molecule has 0 aliphatic carbocycles. The van der Waals surface area contributed by atoms with E-state index in [1.165, 1.54) is 6.42 Å². The van der Waals surface area contributed by atoms with Crippen molar-refractivity contribution in [1.29, 1.82) is 0 Å². The van der Waals surface area contributed by atoms with Crippen LogP contribution in [0, 0.1) is 0 Å². The number of rotatable bonds is 2. The van der Waals surface area contributed by atoms with Crippen molar-refractivity contribution in [2.45, 2.75) is 19.0 Å². The van der Waals surface area contributed by atoms with Gasteiger partial charge in [-0.15, -0.1) is 0 Å². The average Bonchev–Trinajstić information content (AvgIpc) is 1.97. The summed E-state index contributed by atoms with van der Waals surface area (Å²) in [7, 11) is 4.24. The molecule has 0 saturated carbocycles. The summed E-state index contributed by atoms with van der Waals surface area (Å²) in [5.41, 5.74) is 0. The molecule has 0 aromatic carbocycles. The van der Waals surface area contributed by atoms with E-state index in [2.05, 4.69) is 23.9 Å². The van der Waals surface area contributed by atoms with Gasteiger partial charge < -0.3 is 5.11 Å². The zero-order valence-corrected chi connectivity index (χ0v) is 7.45. The van der Waals surface area contributed by atoms with Crippen LogP contribution in [-0.2, 0) is 0 Å². The van der Waals surface area contributed by atoms with E-state index in [-0.39, 0.29) is 0 Å². The van der Waals surface area contributed by atoms with Crippen LogP contribution in [0.2, 0.25) is 0 Å². The van der Waals surface area contributed by atoms with E-state index >= 15 is 0 Å². The van der Waals surface area contributed by atoms with Gasteiger partial charge in [0.1, 0.15) is 0 Å². The molecule has 66 valence electrons. The molecule has 1 aliphatic rings. The van der Waals surface area contributed by atoms with Gasteiger partial charge in [-0.05, 0) is 26.9 Å². The van der Waals surface area contributed by atoms with Crippen molar-refractivity contribution in [3.8, 4) is 0 Å². The monoisotopic (exact) mass is 158 g/mol. The van der Waals surface area contributed by atoms with E-state index in [9.17, 15) is 0 Å². The van der Waals surface area contributed by atoms with Crippen LogP contribution in [0.25, 0.3) is 0 Å². The second kappa shape index (κ2) is 4.04. The summed E-state index contributed by atoms with van der Waals surface area (Å²) >= 11 is 0. The third-order valence-corrected chi connectivity index (χ3v) is 2.43. The molecule has 0 atom stereocenters. The molecule has 0 unspecified atom stereocenters. The van der Waals surface area contributed by atoms with E-state index in [1.807, 2.05) is 0 Å². The molecule has 1 rings (SSSR count). The fourth-order valence-electron chi connectivity index (χ4n) is 1.76. The van der Waals surface area contributed by atoms with Crippen LogP contribution >= 0.6 is 0 Å². The van der Waals surface area contributed by atoms with Gasteiger partial charge in [0.2, 0.25) is 0 Å². The molecule has 0 radical (unpaired) electrons. The summed E-state index contributed by atoms with van der Waals surface area (Å²) < 4.78 is 0. The molecule has 11 heavy (non-hydrogen) atoms. The Morgan fingerprint density at radius 2 is 1.82 bits per heavy atom. The van der Waals surface area contributed by atoms with Gasteiger partial charge in [0.15, 0.2) is 0 Å². The minimum absolute atomic E-state index is 0.291. The third kappa shape index (κ3) is 2.15. The average molecular weight is 158 g/mol. The van der Waals surface area contributed by atoms with E-state index in [0.717, 1.165) is 19.5 Å². The van der Waals surface area contributed by atoms with Crippen molar-refractivity contribution in [2.24, 2.45) is 0 Å². The van der Waals surface area contributed by atoms with Crippen LogP contribution in [0.15, 0.2) is 0 Å². The van der Waals surface area contributed by atoms with Gasteiger partial charge in [-0.1, -0.05) is 0 Å². The Hall–Kier alpha value is -0.120. The normalized spacial score (nSPS) is 24.3. The summed E-state index contributed by atoms with van der Waals surface area (Å²) in [5.74, 6) is 0. The lowest BCUT2D eigenvalue weighted by atomic mass is 10.2. The fourth-order valence-corrected chi connectivity index (χ4v) is 1.76. The van der Waals surface area contributed by atoms with Gasteiger partial charge in [-0.3, -0.25) is 9.80 Å². The van der Waals surface area contributed by atoms with E-state index in [4.69, 9.17) is 5.11 Å². The molecule has 1 fully saturated rings. The molecule has 0 amide bonds. The summed E-state index contributed by atoms with van der Waals surface area (Å²) in [6, 6.07) is 0. The first kappa shape index (κ1) is 8.97. The fraction of sp³-hybridized carbons (Fsp3) is 1.00. The summed E-state index contributed by atoms with van der Waals surface area (Å²) in [5, 5.41) is 8.80. The highest BCUT2D eigenvalue weighted by Crippen LogP contribution is 2.12. The third-order valence-electron chi connectivity index (χ3n) is 2.43. The highest BCUT2D eigenvalue weighted by molar-refractivity contribution is 4.73. The molecule has 0 aromatic rings. The lowest BCUT2D eigenvalue weighted by Crippen LogP contribution is -2.50. The maximum Gasteiger partial charge on any atom is 0.0639 e.